The van der Waals surface area contributed by atoms with Gasteiger partial charge in [0.2, 0.25) is 0 Å². The van der Waals surface area contributed by atoms with Gasteiger partial charge in [-0.3, -0.25) is 0 Å². The Labute approximate surface area is 317 Å². The first-order valence-corrected chi connectivity index (χ1v) is 16.7. The topological polar surface area (TPSA) is 297 Å². The van der Waals surface area contributed by atoms with Gasteiger partial charge in [-0.25, -0.2) is 52.2 Å². The summed E-state index contributed by atoms with van der Waals surface area (Å²) in [6.07, 6.45) is 5.08. The van der Waals surface area contributed by atoms with Gasteiger partial charge in [-0.15, -0.1) is 51.2 Å². The monoisotopic (exact) mass is 806 g/mol. The summed E-state index contributed by atoms with van der Waals surface area (Å²) >= 11 is 0. The van der Waals surface area contributed by atoms with Crippen molar-refractivity contribution in [2.45, 2.75) is 0 Å². The Kier molecular flexibility index (Phi) is 22.8. The van der Waals surface area contributed by atoms with Crippen molar-refractivity contribution in [3.05, 3.63) is 164 Å². The Morgan fingerprint density at radius 3 is 0.698 bits per heavy atom. The smallest absolute Gasteiger partial charge is 0.236 e. The molecule has 0 spiro atoms. The largest absolute Gasteiger partial charge is 2.00 e. The minimum atomic E-state index is -4.94. The number of azo groups is 3. The zero-order valence-corrected chi connectivity index (χ0v) is 29.5. The van der Waals surface area contributed by atoms with Crippen LogP contribution in [0.25, 0.3) is 0 Å². The fourth-order valence-electron chi connectivity index (χ4n) is 3.05. The van der Waals surface area contributed by atoms with Crippen LogP contribution < -0.4 is 37.3 Å². The molecule has 0 fully saturated rings. The van der Waals surface area contributed by atoms with E-state index in [1.807, 2.05) is 146 Å². The number of aromatic nitrogens is 3. The van der Waals surface area contributed by atoms with Crippen molar-refractivity contribution in [1.82, 2.24) is 15.0 Å². The van der Waals surface area contributed by atoms with Crippen LogP contribution in [0.5, 0.6) is 0 Å². The van der Waals surface area contributed by atoms with Crippen molar-refractivity contribution < 1.29 is 74.5 Å². The average Bonchev–Trinajstić information content (AvgIpc) is 3.14. The number of halogens is 2. The minimum Gasteiger partial charge on any atom is -0.236 e. The molecule has 0 aliphatic rings. The van der Waals surface area contributed by atoms with Gasteiger partial charge in [-0.2, -0.15) is 0 Å². The molecular weight excluding hydrogens is 780 g/mol. The molecular formula is C33H27Cl2CoN9O8. The molecule has 53 heavy (non-hydrogen) atoms. The van der Waals surface area contributed by atoms with Gasteiger partial charge in [0.25, 0.3) is 0 Å². The molecule has 20 heteroatoms. The van der Waals surface area contributed by atoms with Crippen molar-refractivity contribution in [2.75, 3.05) is 0 Å². The first-order chi connectivity index (χ1) is 24.8. The van der Waals surface area contributed by atoms with Crippen LogP contribution in [0.15, 0.2) is 195 Å². The van der Waals surface area contributed by atoms with Gasteiger partial charge in [0.1, 0.15) is 0 Å². The molecule has 17 nitrogen and oxygen atoms in total. The molecule has 6 aromatic rings. The van der Waals surface area contributed by atoms with E-state index < -0.39 is 20.5 Å². The number of hydrogen-bond acceptors (Lipinski definition) is 17. The van der Waals surface area contributed by atoms with E-state index >= 15 is 0 Å². The van der Waals surface area contributed by atoms with Gasteiger partial charge in [0, 0.05) is 18.6 Å². The summed E-state index contributed by atoms with van der Waals surface area (Å²) in [4.78, 5) is 12.1. The van der Waals surface area contributed by atoms with Crippen molar-refractivity contribution in [3.63, 3.8) is 0 Å². The van der Waals surface area contributed by atoms with Crippen LogP contribution in [-0.4, -0.2) is 15.0 Å². The van der Waals surface area contributed by atoms with E-state index in [1.54, 1.807) is 18.6 Å². The minimum absolute atomic E-state index is 0. The van der Waals surface area contributed by atoms with E-state index in [4.69, 9.17) is 37.3 Å². The molecule has 0 amide bonds. The van der Waals surface area contributed by atoms with Crippen LogP contribution in [0, 0.1) is 20.5 Å². The van der Waals surface area contributed by atoms with Gasteiger partial charge < -0.3 is 0 Å². The van der Waals surface area contributed by atoms with Gasteiger partial charge >= 0.3 is 16.8 Å². The molecule has 0 saturated carbocycles. The summed E-state index contributed by atoms with van der Waals surface area (Å²) in [5.74, 6) is 1.86. The van der Waals surface area contributed by atoms with Gasteiger partial charge in [-0.05, 0) is 72.8 Å². The SMILES string of the molecule is [Co+2].[O-][Cl+3]([O-])([O-])[O-].[O-][Cl+3]([O-])([O-])[O-].c1ccc(N=Nc2ccccn2)cc1.c1ccc(N=Nc2ccccn2)cc1.c1ccc(N=Nc2ccccn2)cc1. The standard InChI is InChI=1S/3C11H9N3.2ClHO4.Co/c3*1-2-6-10(7-3-1)13-14-11-8-4-5-9-12-11;2*2-1(3,4)5;/h3*1-9H;2*(H,2,3,4,5);/q;;;;;+2/p-2. The zero-order chi connectivity index (χ0) is 37.9. The van der Waals surface area contributed by atoms with Crippen LogP contribution in [0.1, 0.15) is 0 Å². The second kappa shape index (κ2) is 26.5. The molecule has 0 N–H and O–H groups in total. The van der Waals surface area contributed by atoms with Crippen molar-refractivity contribution in [1.29, 1.82) is 0 Å². The second-order valence-corrected chi connectivity index (χ2v) is 10.4. The summed E-state index contributed by atoms with van der Waals surface area (Å²) in [7, 11) is -9.89. The Morgan fingerprint density at radius 2 is 0.509 bits per heavy atom. The number of pyridine rings is 3. The number of hydrogen-bond donors (Lipinski definition) is 0. The molecule has 0 unspecified atom stereocenters. The van der Waals surface area contributed by atoms with Crippen LogP contribution in [-0.2, 0) is 16.8 Å². The van der Waals surface area contributed by atoms with Crippen LogP contribution in [0.2, 0.25) is 0 Å². The number of rotatable bonds is 6. The van der Waals surface area contributed by atoms with Gasteiger partial charge in [-0.1, -0.05) is 72.8 Å². The van der Waals surface area contributed by atoms with E-state index in [2.05, 4.69) is 45.6 Å². The summed E-state index contributed by atoms with van der Waals surface area (Å²) in [6, 6.07) is 45.4. The van der Waals surface area contributed by atoms with E-state index in [9.17, 15) is 0 Å². The number of benzene rings is 3. The van der Waals surface area contributed by atoms with Crippen molar-refractivity contribution >= 4 is 34.5 Å². The maximum absolute atomic E-state index is 8.49. The third-order valence-corrected chi connectivity index (χ3v) is 5.02. The Morgan fingerprint density at radius 1 is 0.302 bits per heavy atom. The normalized spacial score (nSPS) is 10.6. The first kappa shape index (κ1) is 45.7. The third kappa shape index (κ3) is 28.0. The van der Waals surface area contributed by atoms with E-state index in [-0.39, 0.29) is 16.8 Å². The molecule has 3 heterocycles. The molecule has 3 aromatic carbocycles. The van der Waals surface area contributed by atoms with E-state index in [0.29, 0.717) is 17.5 Å². The fourth-order valence-corrected chi connectivity index (χ4v) is 3.05. The first-order valence-electron chi connectivity index (χ1n) is 14.2. The average molecular weight is 807 g/mol. The summed E-state index contributed by atoms with van der Waals surface area (Å²) < 4.78 is 67.9. The maximum Gasteiger partial charge on any atom is 2.00 e. The van der Waals surface area contributed by atoms with Crippen LogP contribution >= 0.6 is 0 Å². The molecule has 275 valence electrons. The second-order valence-electron chi connectivity index (χ2n) is 8.93. The molecule has 0 saturated heterocycles. The van der Waals surface area contributed by atoms with Crippen molar-refractivity contribution in [3.8, 4) is 0 Å². The number of nitrogens with zero attached hydrogens (tertiary/aromatic N) is 9. The molecule has 1 radical (unpaired) electrons. The predicted octanol–water partition coefficient (Wildman–Crippen LogP) is 0.977. The molecule has 6 rings (SSSR count). The van der Waals surface area contributed by atoms with Crippen molar-refractivity contribution in [2.24, 2.45) is 30.7 Å². The molecule has 0 atom stereocenters. The third-order valence-electron chi connectivity index (χ3n) is 5.02. The molecule has 3 aromatic heterocycles. The van der Waals surface area contributed by atoms with Gasteiger partial charge in [0.05, 0.1) is 17.1 Å². The molecule has 0 bridgehead atoms. The Hall–Kier alpha value is -5.32. The quantitative estimate of drug-likeness (QED) is 0.214. The Bertz CT molecular complexity index is 1520. The van der Waals surface area contributed by atoms with Gasteiger partial charge in [0.15, 0.2) is 17.5 Å². The van der Waals surface area contributed by atoms with Crippen LogP contribution in [0.3, 0.4) is 0 Å². The predicted molar refractivity (Wildman–Crippen MR) is 165 cm³/mol. The Balaban J connectivity index is 0.000000350. The molecule has 0 aliphatic carbocycles. The van der Waals surface area contributed by atoms with E-state index in [1.165, 1.54) is 0 Å². The molecule has 0 aliphatic heterocycles. The maximum atomic E-state index is 8.49. The zero-order valence-electron chi connectivity index (χ0n) is 27.0. The van der Waals surface area contributed by atoms with Crippen LogP contribution in [0.4, 0.5) is 34.5 Å². The summed E-state index contributed by atoms with van der Waals surface area (Å²) in [5.41, 5.74) is 2.49. The van der Waals surface area contributed by atoms with E-state index in [0.717, 1.165) is 17.1 Å². The summed E-state index contributed by atoms with van der Waals surface area (Å²) in [6.45, 7) is 0. The fraction of sp³-hybridized carbons (Fsp3) is 0. The summed E-state index contributed by atoms with van der Waals surface area (Å²) in [5, 5.41) is 24.1.